The number of aromatic nitrogens is 1. The fourth-order valence-electron chi connectivity index (χ4n) is 1.85. The highest BCUT2D eigenvalue weighted by Gasteiger charge is 2.20. The first kappa shape index (κ1) is 15.8. The van der Waals surface area contributed by atoms with Gasteiger partial charge >= 0.3 is 0 Å². The SMILES string of the molecule is Cc1cc(C(=O)N(CCO)Cc2ccc(Cl)c(Cl)c2)on1. The zero-order chi connectivity index (χ0) is 15.4. The Morgan fingerprint density at radius 3 is 2.67 bits per heavy atom. The molecule has 0 saturated carbocycles. The summed E-state index contributed by atoms with van der Waals surface area (Å²) in [6.45, 7) is 2.05. The van der Waals surface area contributed by atoms with E-state index < -0.39 is 0 Å². The summed E-state index contributed by atoms with van der Waals surface area (Å²) in [5.41, 5.74) is 1.43. The molecule has 0 atom stereocenters. The van der Waals surface area contributed by atoms with E-state index in [0.717, 1.165) is 5.56 Å². The van der Waals surface area contributed by atoms with Gasteiger partial charge in [0, 0.05) is 19.2 Å². The van der Waals surface area contributed by atoms with Crippen molar-refractivity contribution in [2.75, 3.05) is 13.2 Å². The van der Waals surface area contributed by atoms with Crippen LogP contribution in [0, 0.1) is 6.92 Å². The Bertz CT molecular complexity index is 643. The topological polar surface area (TPSA) is 66.6 Å². The molecule has 0 bridgehead atoms. The molecule has 1 N–H and O–H groups in total. The maximum Gasteiger partial charge on any atom is 0.292 e. The lowest BCUT2D eigenvalue weighted by Gasteiger charge is -2.20. The van der Waals surface area contributed by atoms with Crippen molar-refractivity contribution in [1.29, 1.82) is 0 Å². The van der Waals surface area contributed by atoms with Gasteiger partial charge in [-0.2, -0.15) is 0 Å². The van der Waals surface area contributed by atoms with Crippen molar-refractivity contribution in [2.24, 2.45) is 0 Å². The smallest absolute Gasteiger partial charge is 0.292 e. The monoisotopic (exact) mass is 328 g/mol. The van der Waals surface area contributed by atoms with Crippen molar-refractivity contribution < 1.29 is 14.4 Å². The number of aliphatic hydroxyl groups excluding tert-OH is 1. The molecule has 0 saturated heterocycles. The second kappa shape index (κ2) is 6.93. The molecule has 112 valence electrons. The molecule has 1 heterocycles. The number of aliphatic hydroxyl groups is 1. The Labute approximate surface area is 132 Å². The molecule has 0 fully saturated rings. The van der Waals surface area contributed by atoms with Gasteiger partial charge in [-0.25, -0.2) is 0 Å². The van der Waals surface area contributed by atoms with E-state index in [-0.39, 0.29) is 31.4 Å². The average molecular weight is 329 g/mol. The van der Waals surface area contributed by atoms with Crippen molar-refractivity contribution >= 4 is 29.1 Å². The summed E-state index contributed by atoms with van der Waals surface area (Å²) in [4.78, 5) is 13.8. The lowest BCUT2D eigenvalue weighted by Crippen LogP contribution is -2.32. The van der Waals surface area contributed by atoms with E-state index in [2.05, 4.69) is 5.16 Å². The van der Waals surface area contributed by atoms with Crippen LogP contribution in [0.1, 0.15) is 21.8 Å². The highest BCUT2D eigenvalue weighted by atomic mass is 35.5. The molecule has 0 unspecified atom stereocenters. The van der Waals surface area contributed by atoms with Crippen LogP contribution in [0.5, 0.6) is 0 Å². The Balaban J connectivity index is 2.18. The highest BCUT2D eigenvalue weighted by molar-refractivity contribution is 6.42. The first-order valence-corrected chi connectivity index (χ1v) is 7.04. The Hall–Kier alpha value is -1.56. The predicted octanol–water partition coefficient (Wildman–Crippen LogP) is 2.92. The molecule has 21 heavy (non-hydrogen) atoms. The number of benzene rings is 1. The van der Waals surface area contributed by atoms with Crippen molar-refractivity contribution in [2.45, 2.75) is 13.5 Å². The molecule has 7 heteroatoms. The fraction of sp³-hybridized carbons (Fsp3) is 0.286. The summed E-state index contributed by atoms with van der Waals surface area (Å²) >= 11 is 11.8. The third-order valence-corrected chi connectivity index (χ3v) is 3.59. The normalized spacial score (nSPS) is 10.7. The van der Waals surface area contributed by atoms with E-state index in [4.69, 9.17) is 32.8 Å². The van der Waals surface area contributed by atoms with E-state index in [0.29, 0.717) is 15.7 Å². The van der Waals surface area contributed by atoms with Crippen LogP contribution in [0.25, 0.3) is 0 Å². The molecule has 2 aromatic rings. The maximum absolute atomic E-state index is 12.3. The van der Waals surface area contributed by atoms with E-state index in [1.807, 2.05) is 0 Å². The van der Waals surface area contributed by atoms with Crippen LogP contribution < -0.4 is 0 Å². The highest BCUT2D eigenvalue weighted by Crippen LogP contribution is 2.23. The van der Waals surface area contributed by atoms with E-state index in [9.17, 15) is 4.79 Å². The third-order valence-electron chi connectivity index (χ3n) is 2.85. The molecule has 1 aromatic heterocycles. The first-order valence-electron chi connectivity index (χ1n) is 6.28. The van der Waals surface area contributed by atoms with Gasteiger partial charge in [-0.3, -0.25) is 4.79 Å². The fourth-order valence-corrected chi connectivity index (χ4v) is 2.17. The maximum atomic E-state index is 12.3. The van der Waals surface area contributed by atoms with Crippen LogP contribution >= 0.6 is 23.2 Å². The second-order valence-electron chi connectivity index (χ2n) is 4.53. The summed E-state index contributed by atoms with van der Waals surface area (Å²) in [5, 5.41) is 13.7. The summed E-state index contributed by atoms with van der Waals surface area (Å²) in [5.74, 6) is -0.197. The summed E-state index contributed by atoms with van der Waals surface area (Å²) in [7, 11) is 0. The molecule has 5 nitrogen and oxygen atoms in total. The Kier molecular flexibility index (Phi) is 5.22. The van der Waals surface area contributed by atoms with Crippen LogP contribution in [0.4, 0.5) is 0 Å². The number of amides is 1. The average Bonchev–Trinajstić information content (AvgIpc) is 2.88. The van der Waals surface area contributed by atoms with Crippen LogP contribution in [-0.2, 0) is 6.54 Å². The number of rotatable bonds is 5. The Morgan fingerprint density at radius 2 is 2.10 bits per heavy atom. The molecule has 0 aliphatic heterocycles. The van der Waals surface area contributed by atoms with Crippen LogP contribution in [0.15, 0.2) is 28.8 Å². The van der Waals surface area contributed by atoms with Gasteiger partial charge in [0.2, 0.25) is 5.76 Å². The molecule has 2 rings (SSSR count). The molecular formula is C14H14Cl2N2O3. The second-order valence-corrected chi connectivity index (χ2v) is 5.35. The molecule has 0 aliphatic carbocycles. The lowest BCUT2D eigenvalue weighted by atomic mass is 10.2. The summed E-state index contributed by atoms with van der Waals surface area (Å²) in [6.07, 6.45) is 0. The summed E-state index contributed by atoms with van der Waals surface area (Å²) < 4.78 is 4.96. The van der Waals surface area contributed by atoms with Gasteiger partial charge in [0.15, 0.2) is 0 Å². The quantitative estimate of drug-likeness (QED) is 0.916. The molecule has 0 radical (unpaired) electrons. The van der Waals surface area contributed by atoms with Gasteiger partial charge in [-0.05, 0) is 24.6 Å². The summed E-state index contributed by atoms with van der Waals surface area (Å²) in [6, 6.07) is 6.69. The van der Waals surface area contributed by atoms with Gasteiger partial charge in [0.1, 0.15) is 0 Å². The predicted molar refractivity (Wildman–Crippen MR) is 79.5 cm³/mol. The van der Waals surface area contributed by atoms with Gasteiger partial charge < -0.3 is 14.5 Å². The molecule has 0 spiro atoms. The molecular weight excluding hydrogens is 315 g/mol. The van der Waals surface area contributed by atoms with Crippen LogP contribution in [0.2, 0.25) is 10.0 Å². The number of hydrogen-bond donors (Lipinski definition) is 1. The van der Waals surface area contributed by atoms with E-state index in [1.165, 1.54) is 4.90 Å². The zero-order valence-electron chi connectivity index (χ0n) is 11.3. The van der Waals surface area contributed by atoms with E-state index in [1.54, 1.807) is 31.2 Å². The zero-order valence-corrected chi connectivity index (χ0v) is 12.9. The minimum absolute atomic E-state index is 0.140. The number of halogens is 2. The number of nitrogens with zero attached hydrogens (tertiary/aromatic N) is 2. The van der Waals surface area contributed by atoms with Crippen molar-refractivity contribution in [3.05, 3.63) is 51.3 Å². The lowest BCUT2D eigenvalue weighted by molar-refractivity contribution is 0.0666. The number of carbonyl (C=O) groups excluding carboxylic acids is 1. The van der Waals surface area contributed by atoms with Gasteiger partial charge in [-0.1, -0.05) is 34.4 Å². The van der Waals surface area contributed by atoms with Crippen molar-refractivity contribution in [1.82, 2.24) is 10.1 Å². The largest absolute Gasteiger partial charge is 0.395 e. The van der Waals surface area contributed by atoms with Crippen molar-refractivity contribution in [3.8, 4) is 0 Å². The van der Waals surface area contributed by atoms with Crippen molar-refractivity contribution in [3.63, 3.8) is 0 Å². The number of aryl methyl sites for hydroxylation is 1. The molecule has 1 aromatic carbocycles. The third kappa shape index (κ3) is 3.97. The number of hydrogen-bond acceptors (Lipinski definition) is 4. The first-order chi connectivity index (χ1) is 10.0. The Morgan fingerprint density at radius 1 is 1.33 bits per heavy atom. The number of carbonyl (C=O) groups is 1. The molecule has 1 amide bonds. The minimum atomic E-state index is -0.337. The molecule has 0 aliphatic rings. The van der Waals surface area contributed by atoms with Gasteiger partial charge in [0.05, 0.1) is 22.3 Å². The minimum Gasteiger partial charge on any atom is -0.395 e. The van der Waals surface area contributed by atoms with Gasteiger partial charge in [0.25, 0.3) is 5.91 Å². The van der Waals surface area contributed by atoms with E-state index >= 15 is 0 Å². The van der Waals surface area contributed by atoms with Crippen LogP contribution in [-0.4, -0.2) is 34.2 Å². The van der Waals surface area contributed by atoms with Crippen LogP contribution in [0.3, 0.4) is 0 Å². The van der Waals surface area contributed by atoms with Gasteiger partial charge in [-0.15, -0.1) is 0 Å². The standard InChI is InChI=1S/C14H14Cl2N2O3/c1-9-6-13(21-17-9)14(20)18(4-5-19)8-10-2-3-11(15)12(16)7-10/h2-3,6-7,19H,4-5,8H2,1H3.